The van der Waals surface area contributed by atoms with Gasteiger partial charge in [-0.25, -0.2) is 0 Å². The van der Waals surface area contributed by atoms with E-state index in [-0.39, 0.29) is 0 Å². The Labute approximate surface area is 325 Å². The van der Waals surface area contributed by atoms with Gasteiger partial charge < -0.3 is 9.32 Å². The summed E-state index contributed by atoms with van der Waals surface area (Å²) >= 11 is 0. The van der Waals surface area contributed by atoms with Crippen LogP contribution in [0.3, 0.4) is 0 Å². The Hall–Kier alpha value is -7.42. The Kier molecular flexibility index (Phi) is 7.53. The highest BCUT2D eigenvalue weighted by molar-refractivity contribution is 6.19. The van der Waals surface area contributed by atoms with Gasteiger partial charge in [0.05, 0.1) is 11.1 Å². The van der Waals surface area contributed by atoms with E-state index >= 15 is 0 Å². The van der Waals surface area contributed by atoms with Crippen molar-refractivity contribution >= 4 is 71.3 Å². The molecule has 56 heavy (non-hydrogen) atoms. The Morgan fingerprint density at radius 2 is 0.875 bits per heavy atom. The quantitative estimate of drug-likeness (QED) is 0.171. The average molecular weight is 714 g/mol. The normalized spacial score (nSPS) is 11.6. The van der Waals surface area contributed by atoms with Crippen LogP contribution in [0.15, 0.2) is 217 Å². The molecule has 0 saturated heterocycles. The zero-order chi connectivity index (χ0) is 37.0. The van der Waals surface area contributed by atoms with Crippen LogP contribution in [-0.4, -0.2) is 0 Å². The maximum absolute atomic E-state index is 6.67. The predicted octanol–water partition coefficient (Wildman–Crippen LogP) is 15.5. The van der Waals surface area contributed by atoms with Gasteiger partial charge in [-0.15, -0.1) is 0 Å². The summed E-state index contributed by atoms with van der Waals surface area (Å²) in [6.45, 7) is 0. The van der Waals surface area contributed by atoms with E-state index in [4.69, 9.17) is 4.42 Å². The summed E-state index contributed by atoms with van der Waals surface area (Å²) in [6, 6.07) is 76.5. The largest absolute Gasteiger partial charge is 0.455 e. The van der Waals surface area contributed by atoms with E-state index in [0.29, 0.717) is 0 Å². The van der Waals surface area contributed by atoms with Crippen molar-refractivity contribution < 1.29 is 4.42 Å². The molecule has 0 saturated carbocycles. The monoisotopic (exact) mass is 713 g/mol. The summed E-state index contributed by atoms with van der Waals surface area (Å²) in [7, 11) is 0. The minimum atomic E-state index is 0.869. The second kappa shape index (κ2) is 13.2. The smallest absolute Gasteiger partial charge is 0.143 e. The maximum atomic E-state index is 6.67. The van der Waals surface area contributed by atoms with Crippen LogP contribution in [0.5, 0.6) is 0 Å². The Morgan fingerprint density at radius 3 is 1.64 bits per heavy atom. The van der Waals surface area contributed by atoms with Crippen molar-refractivity contribution in [2.75, 3.05) is 4.90 Å². The highest BCUT2D eigenvalue weighted by atomic mass is 16.3. The third-order valence-corrected chi connectivity index (χ3v) is 11.2. The van der Waals surface area contributed by atoms with Crippen LogP contribution in [0, 0.1) is 0 Å². The minimum absolute atomic E-state index is 0.869. The fourth-order valence-electron chi connectivity index (χ4n) is 8.47. The predicted molar refractivity (Wildman–Crippen MR) is 237 cm³/mol. The van der Waals surface area contributed by atoms with Crippen molar-refractivity contribution in [2.45, 2.75) is 0 Å². The van der Waals surface area contributed by atoms with Gasteiger partial charge in [-0.2, -0.15) is 0 Å². The molecule has 0 amide bonds. The first-order valence-electron chi connectivity index (χ1n) is 19.2. The lowest BCUT2D eigenvalue weighted by Crippen LogP contribution is -2.10. The van der Waals surface area contributed by atoms with Crippen LogP contribution in [-0.2, 0) is 0 Å². The molecule has 11 rings (SSSR count). The van der Waals surface area contributed by atoms with Gasteiger partial charge in [-0.05, 0) is 115 Å². The Morgan fingerprint density at radius 1 is 0.321 bits per heavy atom. The fraction of sp³-hybridized carbons (Fsp3) is 0. The van der Waals surface area contributed by atoms with Crippen molar-refractivity contribution in [3.63, 3.8) is 0 Å². The third kappa shape index (κ3) is 5.42. The Bertz CT molecular complexity index is 3240. The average Bonchev–Trinajstić information content (AvgIpc) is 3.67. The molecular formula is C54H35NO. The summed E-state index contributed by atoms with van der Waals surface area (Å²) in [4.78, 5) is 2.37. The van der Waals surface area contributed by atoms with E-state index in [1.54, 1.807) is 0 Å². The van der Waals surface area contributed by atoms with Gasteiger partial charge in [-0.3, -0.25) is 0 Å². The molecule has 262 valence electrons. The van der Waals surface area contributed by atoms with E-state index in [1.807, 2.05) is 0 Å². The number of nitrogens with zero attached hydrogens (tertiary/aromatic N) is 1. The minimum Gasteiger partial charge on any atom is -0.455 e. The lowest BCUT2D eigenvalue weighted by molar-refractivity contribution is 0.672. The maximum Gasteiger partial charge on any atom is 0.143 e. The molecule has 0 atom stereocenters. The van der Waals surface area contributed by atoms with E-state index in [1.165, 1.54) is 60.3 Å². The van der Waals surface area contributed by atoms with Gasteiger partial charge in [-0.1, -0.05) is 158 Å². The Balaban J connectivity index is 1.04. The van der Waals surface area contributed by atoms with E-state index in [2.05, 4.69) is 217 Å². The van der Waals surface area contributed by atoms with E-state index in [9.17, 15) is 0 Å². The summed E-state index contributed by atoms with van der Waals surface area (Å²) in [5.41, 5.74) is 12.2. The zero-order valence-corrected chi connectivity index (χ0v) is 30.6. The summed E-state index contributed by atoms with van der Waals surface area (Å²) in [5, 5.41) is 9.49. The molecular weight excluding hydrogens is 679 g/mol. The van der Waals surface area contributed by atoms with E-state index in [0.717, 1.165) is 44.4 Å². The second-order valence-corrected chi connectivity index (χ2v) is 14.5. The van der Waals surface area contributed by atoms with Gasteiger partial charge in [0.15, 0.2) is 0 Å². The number of fused-ring (bicyclic) bond motifs is 7. The van der Waals surface area contributed by atoms with Crippen LogP contribution in [0.4, 0.5) is 17.1 Å². The first-order chi connectivity index (χ1) is 27.7. The summed E-state index contributed by atoms with van der Waals surface area (Å²) in [5.74, 6) is 0. The van der Waals surface area contributed by atoms with Crippen LogP contribution in [0.1, 0.15) is 0 Å². The van der Waals surface area contributed by atoms with Crippen LogP contribution < -0.4 is 4.90 Å². The van der Waals surface area contributed by atoms with Crippen molar-refractivity contribution in [3.8, 4) is 33.4 Å². The molecule has 1 aromatic heterocycles. The molecule has 2 heteroatoms. The molecule has 0 radical (unpaired) electrons. The molecule has 0 unspecified atom stereocenters. The lowest BCUT2D eigenvalue weighted by Gasteiger charge is -2.26. The SMILES string of the molecule is c1cc(-c2ccc(N(c3ccc(-c4ccc5ccccc5c4)cc3)c3cccc4oc5c6ccccc6ccc5c34)cc2)cc(-c2cccc3ccccc23)c1. The van der Waals surface area contributed by atoms with Gasteiger partial charge in [0.2, 0.25) is 0 Å². The molecule has 1 heterocycles. The number of furan rings is 1. The van der Waals surface area contributed by atoms with Crippen LogP contribution in [0.25, 0.3) is 87.6 Å². The molecule has 2 nitrogen and oxygen atoms in total. The lowest BCUT2D eigenvalue weighted by atomic mass is 9.95. The van der Waals surface area contributed by atoms with Crippen molar-refractivity contribution in [1.29, 1.82) is 0 Å². The molecule has 0 N–H and O–H groups in total. The van der Waals surface area contributed by atoms with E-state index < -0.39 is 0 Å². The second-order valence-electron chi connectivity index (χ2n) is 14.5. The summed E-state index contributed by atoms with van der Waals surface area (Å²) in [6.07, 6.45) is 0. The highest BCUT2D eigenvalue weighted by Gasteiger charge is 2.21. The van der Waals surface area contributed by atoms with Crippen molar-refractivity contribution in [1.82, 2.24) is 0 Å². The topological polar surface area (TPSA) is 16.4 Å². The molecule has 0 aliphatic heterocycles. The standard InChI is InChI=1S/C54H35NO/c1-2-13-41-34-43(23-22-36(41)10-1)38-26-31-46(32-27-38)55(51-20-9-21-52-53(51)50-33-28-40-12-4-6-18-49(40)54(50)56-52)45-29-24-37(25-30-45)42-15-7-16-44(35-42)48-19-8-14-39-11-3-5-17-47(39)48/h1-35H. The molecule has 0 fully saturated rings. The van der Waals surface area contributed by atoms with Gasteiger partial charge >= 0.3 is 0 Å². The molecule has 11 aromatic rings. The molecule has 0 bridgehead atoms. The first kappa shape index (κ1) is 32.0. The molecule has 10 aromatic carbocycles. The van der Waals surface area contributed by atoms with Gasteiger partial charge in [0.1, 0.15) is 11.2 Å². The van der Waals surface area contributed by atoms with Crippen LogP contribution >= 0.6 is 0 Å². The number of anilines is 3. The summed E-state index contributed by atoms with van der Waals surface area (Å²) < 4.78 is 6.67. The number of hydrogen-bond donors (Lipinski definition) is 0. The number of hydrogen-bond acceptors (Lipinski definition) is 2. The van der Waals surface area contributed by atoms with Gasteiger partial charge in [0, 0.05) is 22.1 Å². The van der Waals surface area contributed by atoms with Gasteiger partial charge in [0.25, 0.3) is 0 Å². The molecule has 0 aliphatic rings. The number of benzene rings is 10. The fourth-order valence-corrected chi connectivity index (χ4v) is 8.47. The van der Waals surface area contributed by atoms with Crippen LogP contribution in [0.2, 0.25) is 0 Å². The molecule has 0 aliphatic carbocycles. The van der Waals surface area contributed by atoms with Crippen molar-refractivity contribution in [3.05, 3.63) is 212 Å². The highest BCUT2D eigenvalue weighted by Crippen LogP contribution is 2.45. The molecule has 0 spiro atoms. The third-order valence-electron chi connectivity index (χ3n) is 11.2. The number of rotatable bonds is 6. The zero-order valence-electron chi connectivity index (χ0n) is 30.6. The first-order valence-corrected chi connectivity index (χ1v) is 19.2. The van der Waals surface area contributed by atoms with Crippen molar-refractivity contribution in [2.24, 2.45) is 0 Å².